The minimum atomic E-state index is -0.848. The molecule has 21 heavy (non-hydrogen) atoms. The van der Waals surface area contributed by atoms with Crippen LogP contribution in [0, 0.1) is 0 Å². The lowest BCUT2D eigenvalue weighted by Crippen LogP contribution is -2.24. The summed E-state index contributed by atoms with van der Waals surface area (Å²) in [6, 6.07) is 16.3. The van der Waals surface area contributed by atoms with E-state index in [0.717, 1.165) is 11.1 Å². The van der Waals surface area contributed by atoms with Gasteiger partial charge in [-0.05, 0) is 23.3 Å². The number of benzene rings is 2. The molecule has 3 N–H and O–H groups in total. The van der Waals surface area contributed by atoms with Crippen molar-refractivity contribution in [1.82, 2.24) is 5.32 Å². The Hall–Kier alpha value is -2.82. The van der Waals surface area contributed by atoms with Crippen LogP contribution in [-0.4, -0.2) is 12.0 Å². The Balaban J connectivity index is 1.82. The fourth-order valence-corrected chi connectivity index (χ4v) is 1.84. The Labute approximate surface area is 122 Å². The Morgan fingerprint density at radius 3 is 2.24 bits per heavy atom. The molecule has 0 unspecified atom stereocenters. The minimum absolute atomic E-state index is 0.0429. The van der Waals surface area contributed by atoms with E-state index in [2.05, 4.69) is 5.32 Å². The van der Waals surface area contributed by atoms with Gasteiger partial charge in [0.1, 0.15) is 5.75 Å². The molecule has 2 rings (SSSR count). The average molecular weight is 284 g/mol. The summed E-state index contributed by atoms with van der Waals surface area (Å²) in [6.45, 7) is 0.419. The first kappa shape index (κ1) is 14.6. The predicted molar refractivity (Wildman–Crippen MR) is 78.6 cm³/mol. The summed E-state index contributed by atoms with van der Waals surface area (Å²) in [5.74, 6) is 0.334. The van der Waals surface area contributed by atoms with E-state index >= 15 is 0 Å². The molecule has 2 amide bonds. The third-order valence-electron chi connectivity index (χ3n) is 2.84. The summed E-state index contributed by atoms with van der Waals surface area (Å²) in [7, 11) is 0. The molecule has 0 aliphatic rings. The first-order valence-electron chi connectivity index (χ1n) is 6.50. The second-order valence-electron chi connectivity index (χ2n) is 4.50. The number of nitrogens with one attached hydrogen (secondary N) is 1. The summed E-state index contributed by atoms with van der Waals surface area (Å²) in [5, 5.41) is 2.84. The SMILES string of the molecule is NC(=O)Oc1ccc(CNC(=O)Cc2ccccc2)cc1. The lowest BCUT2D eigenvalue weighted by atomic mass is 10.1. The van der Waals surface area contributed by atoms with Crippen LogP contribution >= 0.6 is 0 Å². The van der Waals surface area contributed by atoms with E-state index in [1.807, 2.05) is 30.3 Å². The third-order valence-corrected chi connectivity index (χ3v) is 2.84. The van der Waals surface area contributed by atoms with E-state index in [0.29, 0.717) is 18.7 Å². The second-order valence-corrected chi connectivity index (χ2v) is 4.50. The number of amides is 2. The maximum Gasteiger partial charge on any atom is 0.409 e. The van der Waals surface area contributed by atoms with Crippen molar-refractivity contribution in [3.8, 4) is 5.75 Å². The van der Waals surface area contributed by atoms with Gasteiger partial charge in [0.05, 0.1) is 6.42 Å². The van der Waals surface area contributed by atoms with Crippen LogP contribution in [0.15, 0.2) is 54.6 Å². The number of nitrogens with two attached hydrogens (primary N) is 1. The van der Waals surface area contributed by atoms with Crippen molar-refractivity contribution in [1.29, 1.82) is 0 Å². The third kappa shape index (κ3) is 4.99. The molecule has 2 aromatic rings. The topological polar surface area (TPSA) is 81.4 Å². The van der Waals surface area contributed by atoms with Crippen molar-refractivity contribution >= 4 is 12.0 Å². The van der Waals surface area contributed by atoms with Gasteiger partial charge in [0, 0.05) is 6.54 Å². The molecule has 0 atom stereocenters. The molecule has 2 aromatic carbocycles. The summed E-state index contributed by atoms with van der Waals surface area (Å²) in [4.78, 5) is 22.4. The smallest absolute Gasteiger partial charge is 0.409 e. The number of hydrogen-bond donors (Lipinski definition) is 2. The highest BCUT2D eigenvalue weighted by Crippen LogP contribution is 2.12. The van der Waals surface area contributed by atoms with Crippen LogP contribution in [0.2, 0.25) is 0 Å². The normalized spacial score (nSPS) is 9.90. The van der Waals surface area contributed by atoms with Gasteiger partial charge in [-0.15, -0.1) is 0 Å². The van der Waals surface area contributed by atoms with Gasteiger partial charge in [-0.1, -0.05) is 42.5 Å². The maximum atomic E-state index is 11.8. The van der Waals surface area contributed by atoms with Crippen LogP contribution in [0.5, 0.6) is 5.75 Å². The first-order valence-corrected chi connectivity index (χ1v) is 6.50. The van der Waals surface area contributed by atoms with Gasteiger partial charge in [-0.2, -0.15) is 0 Å². The monoisotopic (exact) mass is 284 g/mol. The number of primary amides is 1. The number of rotatable bonds is 5. The van der Waals surface area contributed by atoms with E-state index in [-0.39, 0.29) is 5.91 Å². The fraction of sp³-hybridized carbons (Fsp3) is 0.125. The standard InChI is InChI=1S/C16H16N2O3/c17-16(20)21-14-8-6-13(7-9-14)11-18-15(19)10-12-4-2-1-3-5-12/h1-9H,10-11H2,(H2,17,20)(H,18,19). The van der Waals surface area contributed by atoms with Gasteiger partial charge in [0.2, 0.25) is 5.91 Å². The summed E-state index contributed by atoms with van der Waals surface area (Å²) < 4.78 is 4.73. The van der Waals surface area contributed by atoms with E-state index in [9.17, 15) is 9.59 Å². The Morgan fingerprint density at radius 1 is 0.952 bits per heavy atom. The van der Waals surface area contributed by atoms with Crippen LogP contribution in [0.4, 0.5) is 4.79 Å². The number of ether oxygens (including phenoxy) is 1. The lowest BCUT2D eigenvalue weighted by molar-refractivity contribution is -0.120. The summed E-state index contributed by atoms with van der Waals surface area (Å²) in [5.41, 5.74) is 6.80. The van der Waals surface area contributed by atoms with Crippen molar-refractivity contribution in [3.63, 3.8) is 0 Å². The Morgan fingerprint density at radius 2 is 1.62 bits per heavy atom. The summed E-state index contributed by atoms with van der Waals surface area (Å²) >= 11 is 0. The van der Waals surface area contributed by atoms with E-state index in [4.69, 9.17) is 10.5 Å². The molecule has 0 aliphatic heterocycles. The largest absolute Gasteiger partial charge is 0.411 e. The predicted octanol–water partition coefficient (Wildman–Crippen LogP) is 2.00. The molecule has 5 nitrogen and oxygen atoms in total. The number of hydrogen-bond acceptors (Lipinski definition) is 3. The van der Waals surface area contributed by atoms with E-state index in [1.54, 1.807) is 24.3 Å². The molecule has 0 bridgehead atoms. The molecular formula is C16H16N2O3. The molecule has 0 fully saturated rings. The maximum absolute atomic E-state index is 11.8. The van der Waals surface area contributed by atoms with Crippen molar-refractivity contribution in [2.75, 3.05) is 0 Å². The van der Waals surface area contributed by atoms with Crippen LogP contribution in [-0.2, 0) is 17.8 Å². The highest BCUT2D eigenvalue weighted by molar-refractivity contribution is 5.78. The van der Waals surface area contributed by atoms with Gasteiger partial charge in [0.25, 0.3) is 0 Å². The molecule has 108 valence electrons. The second kappa shape index (κ2) is 7.09. The number of carbonyl (C=O) groups excluding carboxylic acids is 2. The minimum Gasteiger partial charge on any atom is -0.411 e. The quantitative estimate of drug-likeness (QED) is 0.881. The van der Waals surface area contributed by atoms with Crippen molar-refractivity contribution in [2.24, 2.45) is 5.73 Å². The Bertz CT molecular complexity index is 609. The van der Waals surface area contributed by atoms with Crippen molar-refractivity contribution in [3.05, 3.63) is 65.7 Å². The van der Waals surface area contributed by atoms with Gasteiger partial charge in [-0.25, -0.2) is 4.79 Å². The van der Waals surface area contributed by atoms with E-state index < -0.39 is 6.09 Å². The zero-order valence-electron chi connectivity index (χ0n) is 11.4. The van der Waals surface area contributed by atoms with Crippen LogP contribution < -0.4 is 15.8 Å². The summed E-state index contributed by atoms with van der Waals surface area (Å²) in [6.07, 6.45) is -0.497. The fourth-order valence-electron chi connectivity index (χ4n) is 1.84. The van der Waals surface area contributed by atoms with E-state index in [1.165, 1.54) is 0 Å². The molecule has 0 radical (unpaired) electrons. The average Bonchev–Trinajstić information content (AvgIpc) is 2.47. The van der Waals surface area contributed by atoms with Gasteiger partial charge in [-0.3, -0.25) is 4.79 Å². The van der Waals surface area contributed by atoms with Crippen molar-refractivity contribution in [2.45, 2.75) is 13.0 Å². The molecule has 0 aromatic heterocycles. The molecular weight excluding hydrogens is 268 g/mol. The zero-order valence-corrected chi connectivity index (χ0v) is 11.4. The lowest BCUT2D eigenvalue weighted by Gasteiger charge is -2.06. The van der Waals surface area contributed by atoms with Gasteiger partial charge in [0.15, 0.2) is 0 Å². The molecule has 0 heterocycles. The molecule has 0 spiro atoms. The van der Waals surface area contributed by atoms with Crippen LogP contribution in [0.25, 0.3) is 0 Å². The van der Waals surface area contributed by atoms with Gasteiger partial charge >= 0.3 is 6.09 Å². The van der Waals surface area contributed by atoms with Crippen LogP contribution in [0.1, 0.15) is 11.1 Å². The Kier molecular flexibility index (Phi) is 4.93. The highest BCUT2D eigenvalue weighted by atomic mass is 16.5. The zero-order chi connectivity index (χ0) is 15.1. The number of carbonyl (C=O) groups is 2. The van der Waals surface area contributed by atoms with Gasteiger partial charge < -0.3 is 15.8 Å². The molecule has 0 saturated heterocycles. The molecule has 0 saturated carbocycles. The first-order chi connectivity index (χ1) is 10.1. The van der Waals surface area contributed by atoms with Crippen LogP contribution in [0.3, 0.4) is 0 Å². The molecule has 5 heteroatoms. The van der Waals surface area contributed by atoms with Crippen molar-refractivity contribution < 1.29 is 14.3 Å². The highest BCUT2D eigenvalue weighted by Gasteiger charge is 2.03. The molecule has 0 aliphatic carbocycles.